The Balaban J connectivity index is 1.95. The van der Waals surface area contributed by atoms with E-state index in [9.17, 15) is 14.0 Å². The minimum absolute atomic E-state index is 0.178. The van der Waals surface area contributed by atoms with Crippen molar-refractivity contribution in [3.8, 4) is 0 Å². The number of thioether (sulfide) groups is 1. The van der Waals surface area contributed by atoms with Gasteiger partial charge in [-0.2, -0.15) is 0 Å². The van der Waals surface area contributed by atoms with E-state index in [1.807, 2.05) is 25.1 Å². The molecule has 1 saturated heterocycles. The van der Waals surface area contributed by atoms with Crippen molar-refractivity contribution in [3.05, 3.63) is 59.4 Å². The number of hydrogen-bond acceptors (Lipinski definition) is 3. The second kappa shape index (κ2) is 4.83. The van der Waals surface area contributed by atoms with Gasteiger partial charge in [-0.05, 0) is 31.2 Å². The van der Waals surface area contributed by atoms with Gasteiger partial charge in [0.1, 0.15) is 5.82 Å². The first-order valence-electron chi connectivity index (χ1n) is 7.17. The van der Waals surface area contributed by atoms with Crippen molar-refractivity contribution in [1.82, 2.24) is 0 Å². The molecule has 4 nitrogen and oxygen atoms in total. The summed E-state index contributed by atoms with van der Waals surface area (Å²) in [7, 11) is 0. The van der Waals surface area contributed by atoms with E-state index in [4.69, 9.17) is 0 Å². The van der Waals surface area contributed by atoms with Crippen molar-refractivity contribution in [1.29, 1.82) is 0 Å². The molecular weight excluding hydrogens is 315 g/mol. The SMILES string of the molecule is Cc1ccc2c(c1)[C@]1(SCC(=O)N1c1cccc(F)c1)C(=O)N2. The second-order valence-corrected chi connectivity index (χ2v) is 6.81. The maximum Gasteiger partial charge on any atom is 0.266 e. The molecule has 2 aromatic carbocycles. The van der Waals surface area contributed by atoms with Crippen LogP contribution in [-0.2, 0) is 14.5 Å². The number of carbonyl (C=O) groups excluding carboxylic acids is 2. The number of halogens is 1. The van der Waals surface area contributed by atoms with Crippen molar-refractivity contribution in [2.75, 3.05) is 16.0 Å². The van der Waals surface area contributed by atoms with Gasteiger partial charge in [0.15, 0.2) is 0 Å². The fraction of sp³-hybridized carbons (Fsp3) is 0.176. The van der Waals surface area contributed by atoms with Gasteiger partial charge in [-0.15, -0.1) is 11.8 Å². The summed E-state index contributed by atoms with van der Waals surface area (Å²) in [5, 5.41) is 2.84. The lowest BCUT2D eigenvalue weighted by atomic mass is 10.0. The van der Waals surface area contributed by atoms with Gasteiger partial charge < -0.3 is 5.32 Å². The Morgan fingerprint density at radius 3 is 2.83 bits per heavy atom. The molecule has 0 aromatic heterocycles. The number of anilines is 2. The number of hydrogen-bond donors (Lipinski definition) is 1. The molecule has 2 aliphatic rings. The number of benzene rings is 2. The molecule has 2 heterocycles. The van der Waals surface area contributed by atoms with Crippen LogP contribution in [0.25, 0.3) is 0 Å². The zero-order valence-electron chi connectivity index (χ0n) is 12.3. The summed E-state index contributed by atoms with van der Waals surface area (Å²) < 4.78 is 13.6. The summed E-state index contributed by atoms with van der Waals surface area (Å²) in [6, 6.07) is 11.4. The van der Waals surface area contributed by atoms with Crippen LogP contribution in [-0.4, -0.2) is 17.6 Å². The molecule has 1 N–H and O–H groups in total. The van der Waals surface area contributed by atoms with Crippen molar-refractivity contribution in [2.45, 2.75) is 11.8 Å². The highest BCUT2D eigenvalue weighted by molar-refractivity contribution is 8.02. The van der Waals surface area contributed by atoms with E-state index in [0.717, 1.165) is 11.1 Å². The van der Waals surface area contributed by atoms with Crippen molar-refractivity contribution in [2.24, 2.45) is 0 Å². The molecular formula is C17H13FN2O2S. The summed E-state index contributed by atoms with van der Waals surface area (Å²) in [6.45, 7) is 1.94. The Hall–Kier alpha value is -2.34. The van der Waals surface area contributed by atoms with Crippen LogP contribution in [0.15, 0.2) is 42.5 Å². The zero-order valence-corrected chi connectivity index (χ0v) is 13.1. The summed E-state index contributed by atoms with van der Waals surface area (Å²) in [5.74, 6) is -0.731. The van der Waals surface area contributed by atoms with Crippen LogP contribution in [0, 0.1) is 12.7 Å². The fourth-order valence-electron chi connectivity index (χ4n) is 3.15. The quantitative estimate of drug-likeness (QED) is 0.875. The fourth-order valence-corrected chi connectivity index (χ4v) is 4.46. The zero-order chi connectivity index (χ0) is 16.2. The minimum Gasteiger partial charge on any atom is -0.323 e. The van der Waals surface area contributed by atoms with Crippen LogP contribution >= 0.6 is 11.8 Å². The molecule has 2 aromatic rings. The Morgan fingerprint density at radius 1 is 1.22 bits per heavy atom. The monoisotopic (exact) mass is 328 g/mol. The Bertz CT molecular complexity index is 854. The number of nitrogens with zero attached hydrogens (tertiary/aromatic N) is 1. The van der Waals surface area contributed by atoms with Crippen molar-refractivity contribution in [3.63, 3.8) is 0 Å². The van der Waals surface area contributed by atoms with Gasteiger partial charge in [0.2, 0.25) is 10.8 Å². The van der Waals surface area contributed by atoms with E-state index in [1.54, 1.807) is 12.1 Å². The van der Waals surface area contributed by atoms with Gasteiger partial charge in [-0.25, -0.2) is 4.39 Å². The molecule has 0 aliphatic carbocycles. The molecule has 0 saturated carbocycles. The summed E-state index contributed by atoms with van der Waals surface area (Å²) in [5.41, 5.74) is 2.84. The first kappa shape index (κ1) is 14.3. The molecule has 0 radical (unpaired) electrons. The maximum atomic E-state index is 13.6. The smallest absolute Gasteiger partial charge is 0.266 e. The molecule has 0 unspecified atom stereocenters. The van der Waals surface area contributed by atoms with Crippen LogP contribution < -0.4 is 10.2 Å². The third kappa shape index (κ3) is 1.91. The number of rotatable bonds is 1. The van der Waals surface area contributed by atoms with Crippen molar-refractivity contribution < 1.29 is 14.0 Å². The first-order valence-corrected chi connectivity index (χ1v) is 8.16. The molecule has 116 valence electrons. The highest BCUT2D eigenvalue weighted by Gasteiger charge is 2.58. The molecule has 1 spiro atoms. The average molecular weight is 328 g/mol. The second-order valence-electron chi connectivity index (χ2n) is 5.64. The van der Waals surface area contributed by atoms with E-state index in [-0.39, 0.29) is 17.6 Å². The first-order chi connectivity index (χ1) is 11.0. The van der Waals surface area contributed by atoms with Crippen LogP contribution in [0.1, 0.15) is 11.1 Å². The van der Waals surface area contributed by atoms with E-state index in [1.165, 1.54) is 28.8 Å². The molecule has 0 bridgehead atoms. The minimum atomic E-state index is -1.16. The third-order valence-corrected chi connectivity index (χ3v) is 5.53. The highest BCUT2D eigenvalue weighted by Crippen LogP contribution is 2.53. The normalized spacial score (nSPS) is 22.6. The van der Waals surface area contributed by atoms with Crippen LogP contribution in [0.4, 0.5) is 15.8 Å². The van der Waals surface area contributed by atoms with Crippen molar-refractivity contribution >= 4 is 35.0 Å². The molecule has 1 fully saturated rings. The third-order valence-electron chi connectivity index (χ3n) is 4.13. The summed E-state index contributed by atoms with van der Waals surface area (Å²) >= 11 is 1.27. The Kier molecular flexibility index (Phi) is 2.99. The highest BCUT2D eigenvalue weighted by atomic mass is 32.2. The van der Waals surface area contributed by atoms with Gasteiger partial charge in [0.05, 0.1) is 5.75 Å². The standard InChI is InChI=1S/C17H13FN2O2S/c1-10-5-6-14-13(7-10)17(16(22)19-14)20(15(21)9-23-17)12-4-2-3-11(18)8-12/h2-8H,9H2,1H3,(H,19,22)/t17-/m0/s1. The van der Waals surface area contributed by atoms with E-state index < -0.39 is 10.7 Å². The lowest BCUT2D eigenvalue weighted by Gasteiger charge is -2.32. The largest absolute Gasteiger partial charge is 0.323 e. The molecule has 2 aliphatic heterocycles. The van der Waals surface area contributed by atoms with Gasteiger partial charge in [0, 0.05) is 16.9 Å². The van der Waals surface area contributed by atoms with Crippen LogP contribution in [0.5, 0.6) is 0 Å². The molecule has 4 rings (SSSR count). The molecule has 2 amide bonds. The number of fused-ring (bicyclic) bond motifs is 2. The predicted octanol–water partition coefficient (Wildman–Crippen LogP) is 3.02. The van der Waals surface area contributed by atoms with Crippen LogP contribution in [0.2, 0.25) is 0 Å². The molecule has 1 atom stereocenters. The molecule has 23 heavy (non-hydrogen) atoms. The van der Waals surface area contributed by atoms with E-state index in [0.29, 0.717) is 11.4 Å². The summed E-state index contributed by atoms with van der Waals surface area (Å²) in [4.78, 5) is 25.5. The van der Waals surface area contributed by atoms with E-state index in [2.05, 4.69) is 5.32 Å². The Morgan fingerprint density at radius 2 is 2.04 bits per heavy atom. The van der Waals surface area contributed by atoms with Gasteiger partial charge >= 0.3 is 0 Å². The average Bonchev–Trinajstić information content (AvgIpc) is 2.99. The van der Waals surface area contributed by atoms with Gasteiger partial charge in [0.25, 0.3) is 5.91 Å². The summed E-state index contributed by atoms with van der Waals surface area (Å²) in [6.07, 6.45) is 0. The lowest BCUT2D eigenvalue weighted by Crippen LogP contribution is -2.47. The lowest BCUT2D eigenvalue weighted by molar-refractivity contribution is -0.122. The number of amides is 2. The number of carbonyl (C=O) groups is 2. The number of nitrogens with one attached hydrogen (secondary N) is 1. The topological polar surface area (TPSA) is 49.4 Å². The maximum absolute atomic E-state index is 13.6. The van der Waals surface area contributed by atoms with Gasteiger partial charge in [-0.3, -0.25) is 14.5 Å². The van der Waals surface area contributed by atoms with Crippen LogP contribution in [0.3, 0.4) is 0 Å². The van der Waals surface area contributed by atoms with E-state index >= 15 is 0 Å². The molecule has 6 heteroatoms. The van der Waals surface area contributed by atoms with Gasteiger partial charge in [-0.1, -0.05) is 23.8 Å². The number of aryl methyl sites for hydroxylation is 1. The predicted molar refractivity (Wildman–Crippen MR) is 87.8 cm³/mol. The Labute approximate surface area is 136 Å².